The minimum Gasteiger partial charge on any atom is -0.478 e. The van der Waals surface area contributed by atoms with Crippen LogP contribution in [0.4, 0.5) is 5.69 Å². The van der Waals surface area contributed by atoms with Crippen molar-refractivity contribution in [2.24, 2.45) is 17.3 Å². The second-order valence-electron chi connectivity index (χ2n) is 10.7. The van der Waals surface area contributed by atoms with Crippen molar-refractivity contribution >= 4 is 34.0 Å². The molecule has 37 heavy (non-hydrogen) atoms. The third-order valence-corrected chi connectivity index (χ3v) is 8.95. The molecule has 1 saturated heterocycles. The van der Waals surface area contributed by atoms with Crippen molar-refractivity contribution in [3.8, 4) is 11.9 Å². The second-order valence-corrected chi connectivity index (χ2v) is 11.1. The third kappa shape index (κ3) is 3.70. The lowest BCUT2D eigenvalue weighted by atomic mass is 9.86. The first kappa shape index (κ1) is 24.2. The van der Waals surface area contributed by atoms with Crippen molar-refractivity contribution in [2.45, 2.75) is 43.9 Å². The lowest BCUT2D eigenvalue weighted by Gasteiger charge is -2.33. The Hall–Kier alpha value is -3.18. The Kier molecular flexibility index (Phi) is 5.68. The number of amides is 1. The first-order valence-corrected chi connectivity index (χ1v) is 12.9. The zero-order valence-corrected chi connectivity index (χ0v) is 21.5. The van der Waals surface area contributed by atoms with E-state index in [9.17, 15) is 15.2 Å². The Morgan fingerprint density at radius 1 is 1.19 bits per heavy atom. The standard InChI is InChI=1S/C29H28ClN3O4/c1-28(35)13-21-25-26(29(25,14-23(28)36-2)11-12-37-24-10-8-18(30)16-32-24)33(27(21)34)22-9-7-17(15-31)19-5-3-4-6-20(19)22/h3-10,16,21,23,25-26,35H,11-14H2,1-2H3/t21?,23?,25-,26?,28?,29?/m1/s1. The van der Waals surface area contributed by atoms with Gasteiger partial charge in [-0.2, -0.15) is 5.26 Å². The highest BCUT2D eigenvalue weighted by atomic mass is 35.5. The van der Waals surface area contributed by atoms with E-state index in [1.165, 1.54) is 0 Å². The number of methoxy groups -OCH3 is 1. The lowest BCUT2D eigenvalue weighted by Crippen LogP contribution is -2.42. The van der Waals surface area contributed by atoms with Gasteiger partial charge in [0.25, 0.3) is 0 Å². The van der Waals surface area contributed by atoms with Gasteiger partial charge in [-0.3, -0.25) is 4.79 Å². The molecule has 3 aliphatic rings. The number of anilines is 1. The number of carbonyl (C=O) groups excluding carboxylic acids is 1. The molecule has 3 aromatic rings. The first-order chi connectivity index (χ1) is 17.8. The number of fused-ring (bicyclic) bond motifs is 2. The average molecular weight is 518 g/mol. The van der Waals surface area contributed by atoms with Gasteiger partial charge in [0.1, 0.15) is 0 Å². The number of benzene rings is 2. The zero-order valence-electron chi connectivity index (χ0n) is 20.7. The number of aromatic nitrogens is 1. The van der Waals surface area contributed by atoms with Crippen LogP contribution in [0.2, 0.25) is 5.02 Å². The molecule has 7 nitrogen and oxygen atoms in total. The predicted octanol–water partition coefficient (Wildman–Crippen LogP) is 4.74. The Balaban J connectivity index is 1.38. The van der Waals surface area contributed by atoms with Crippen molar-refractivity contribution in [2.75, 3.05) is 18.6 Å². The van der Waals surface area contributed by atoms with Gasteiger partial charge in [-0.05, 0) is 50.3 Å². The molecule has 8 heteroatoms. The van der Waals surface area contributed by atoms with E-state index in [0.29, 0.717) is 42.3 Å². The van der Waals surface area contributed by atoms with Crippen molar-refractivity contribution in [3.05, 3.63) is 65.3 Å². The largest absolute Gasteiger partial charge is 0.478 e. The minimum absolute atomic E-state index is 0.0257. The number of ether oxygens (including phenoxy) is 2. The number of nitriles is 1. The summed E-state index contributed by atoms with van der Waals surface area (Å²) in [6.45, 7) is 2.19. The summed E-state index contributed by atoms with van der Waals surface area (Å²) in [4.78, 5) is 20.1. The molecule has 1 aliphatic heterocycles. The van der Waals surface area contributed by atoms with Crippen LogP contribution in [-0.4, -0.2) is 47.5 Å². The molecule has 6 atom stereocenters. The Labute approximate surface area is 220 Å². The number of nitrogens with zero attached hydrogens (tertiary/aromatic N) is 3. The van der Waals surface area contributed by atoms with Gasteiger partial charge in [0.2, 0.25) is 11.8 Å². The SMILES string of the molecule is COC1CC2(CCOc3ccc(Cl)cn3)C3[C@H]2C(CC1(C)O)C(=O)N3c1ccc(C#N)c2ccccc12. The smallest absolute Gasteiger partial charge is 0.230 e. The second kappa shape index (κ2) is 8.70. The summed E-state index contributed by atoms with van der Waals surface area (Å²) in [6.07, 6.45) is 2.81. The first-order valence-electron chi connectivity index (χ1n) is 12.6. The molecule has 2 heterocycles. The molecule has 3 fully saturated rings. The molecular weight excluding hydrogens is 490 g/mol. The van der Waals surface area contributed by atoms with Gasteiger partial charge >= 0.3 is 0 Å². The van der Waals surface area contributed by atoms with Crippen LogP contribution in [0.3, 0.4) is 0 Å². The highest BCUT2D eigenvalue weighted by molar-refractivity contribution is 6.30. The fraction of sp³-hybridized carbons (Fsp3) is 0.414. The summed E-state index contributed by atoms with van der Waals surface area (Å²) < 4.78 is 11.8. The molecule has 2 aromatic carbocycles. The molecule has 5 unspecified atom stereocenters. The van der Waals surface area contributed by atoms with Gasteiger partial charge in [-0.1, -0.05) is 35.9 Å². The van der Waals surface area contributed by atoms with Crippen LogP contribution in [-0.2, 0) is 9.53 Å². The normalized spacial score (nSPS) is 32.1. The Morgan fingerprint density at radius 2 is 1.97 bits per heavy atom. The van der Waals surface area contributed by atoms with E-state index >= 15 is 0 Å². The van der Waals surface area contributed by atoms with E-state index < -0.39 is 11.7 Å². The Bertz CT molecular complexity index is 1420. The van der Waals surface area contributed by atoms with Crippen LogP contribution in [0.5, 0.6) is 5.88 Å². The van der Waals surface area contributed by atoms with Crippen LogP contribution in [0.25, 0.3) is 10.8 Å². The van der Waals surface area contributed by atoms with E-state index in [2.05, 4.69) is 11.1 Å². The maximum Gasteiger partial charge on any atom is 0.230 e. The van der Waals surface area contributed by atoms with Gasteiger partial charge < -0.3 is 19.5 Å². The van der Waals surface area contributed by atoms with Crippen LogP contribution >= 0.6 is 11.6 Å². The van der Waals surface area contributed by atoms with Gasteiger partial charge in [0.05, 0.1) is 40.7 Å². The van der Waals surface area contributed by atoms with Crippen LogP contribution in [0.1, 0.15) is 31.7 Å². The van der Waals surface area contributed by atoms with Crippen LogP contribution < -0.4 is 9.64 Å². The predicted molar refractivity (Wildman–Crippen MR) is 139 cm³/mol. The van der Waals surface area contributed by atoms with E-state index in [1.807, 2.05) is 35.2 Å². The van der Waals surface area contributed by atoms with E-state index in [-0.39, 0.29) is 29.2 Å². The highest BCUT2D eigenvalue weighted by Crippen LogP contribution is 2.72. The van der Waals surface area contributed by atoms with Gasteiger partial charge in [0.15, 0.2) is 0 Å². The van der Waals surface area contributed by atoms with E-state index in [4.69, 9.17) is 21.1 Å². The Morgan fingerprint density at radius 3 is 2.68 bits per heavy atom. The van der Waals surface area contributed by atoms with Gasteiger partial charge in [-0.15, -0.1) is 0 Å². The van der Waals surface area contributed by atoms with E-state index in [1.54, 1.807) is 38.4 Å². The number of aliphatic hydroxyl groups is 1. The summed E-state index contributed by atoms with van der Waals surface area (Å²) in [5, 5.41) is 23.2. The lowest BCUT2D eigenvalue weighted by molar-refractivity contribution is -0.126. The minimum atomic E-state index is -1.12. The molecule has 1 N–H and O–H groups in total. The highest BCUT2D eigenvalue weighted by Gasteiger charge is 2.78. The molecule has 0 radical (unpaired) electrons. The molecule has 190 valence electrons. The molecule has 1 aromatic heterocycles. The number of piperidine rings is 1. The average Bonchev–Trinajstić information content (AvgIpc) is 3.44. The van der Waals surface area contributed by atoms with Gasteiger partial charge in [0, 0.05) is 47.5 Å². The van der Waals surface area contributed by atoms with E-state index in [0.717, 1.165) is 16.5 Å². The van der Waals surface area contributed by atoms with Crippen molar-refractivity contribution < 1.29 is 19.4 Å². The number of rotatable bonds is 6. The maximum atomic E-state index is 13.9. The third-order valence-electron chi connectivity index (χ3n) is 8.73. The number of carbonyl (C=O) groups is 1. The molecule has 2 aliphatic carbocycles. The summed E-state index contributed by atoms with van der Waals surface area (Å²) in [7, 11) is 1.62. The molecule has 0 bridgehead atoms. The molecule has 2 saturated carbocycles. The fourth-order valence-electron chi connectivity index (χ4n) is 7.03. The zero-order chi connectivity index (χ0) is 25.9. The number of hydrogen-bond donors (Lipinski definition) is 1. The van der Waals surface area contributed by atoms with Crippen LogP contribution in [0, 0.1) is 28.6 Å². The monoisotopic (exact) mass is 517 g/mol. The quantitative estimate of drug-likeness (QED) is 0.507. The summed E-state index contributed by atoms with van der Waals surface area (Å²) in [5.74, 6) is 0.293. The topological polar surface area (TPSA) is 95.7 Å². The molecule has 0 spiro atoms. The van der Waals surface area contributed by atoms with Gasteiger partial charge in [-0.25, -0.2) is 4.98 Å². The maximum absolute atomic E-state index is 13.9. The summed E-state index contributed by atoms with van der Waals surface area (Å²) in [6, 6.07) is 17.1. The van der Waals surface area contributed by atoms with Crippen LogP contribution in [0.15, 0.2) is 54.7 Å². The van der Waals surface area contributed by atoms with Crippen molar-refractivity contribution in [1.29, 1.82) is 5.26 Å². The number of hydrogen-bond acceptors (Lipinski definition) is 6. The molecule has 6 rings (SSSR count). The summed E-state index contributed by atoms with van der Waals surface area (Å²) >= 11 is 5.95. The fourth-order valence-corrected chi connectivity index (χ4v) is 7.14. The number of pyridine rings is 1. The molecule has 1 amide bonds. The molecular formula is C29H28ClN3O4. The van der Waals surface area contributed by atoms with Crippen molar-refractivity contribution in [1.82, 2.24) is 4.98 Å². The van der Waals surface area contributed by atoms with Crippen molar-refractivity contribution in [3.63, 3.8) is 0 Å². The number of halogens is 1. The summed E-state index contributed by atoms with van der Waals surface area (Å²) in [5.41, 5.74) is 0.00854.